The third-order valence-electron chi connectivity index (χ3n) is 5.31. The predicted octanol–water partition coefficient (Wildman–Crippen LogP) is 1.64. The van der Waals surface area contributed by atoms with Crippen LogP contribution < -0.4 is 20.9 Å². The molecule has 5 N–H and O–H groups in total. The Hall–Kier alpha value is -3.63. The van der Waals surface area contributed by atoms with E-state index in [1.165, 1.54) is 4.90 Å². The van der Waals surface area contributed by atoms with Crippen LogP contribution in [0.3, 0.4) is 0 Å². The Balaban J connectivity index is 2.28. The Morgan fingerprint density at radius 1 is 1.06 bits per heavy atom. The maximum atomic E-state index is 13.3. The second-order valence-electron chi connectivity index (χ2n) is 8.57. The molecule has 1 aromatic carbocycles. The number of amides is 4. The highest BCUT2D eigenvalue weighted by molar-refractivity contribution is 6.12. The molecule has 0 saturated heterocycles. The SMILES string of the molecule is CC(C)[C@H]1C(=O)Nc2ccccc2N1C(=O)N[C@@H](C(=O)N[C@@H](CCC(=O)O)C(=O)O)C(C)C. The Labute approximate surface area is 191 Å². The molecular formula is C22H30N4O7. The summed E-state index contributed by atoms with van der Waals surface area (Å²) in [6.07, 6.45) is -0.740. The van der Waals surface area contributed by atoms with Crippen LogP contribution in [-0.2, 0) is 19.2 Å². The monoisotopic (exact) mass is 462 g/mol. The first-order chi connectivity index (χ1) is 15.4. The van der Waals surface area contributed by atoms with Crippen molar-refractivity contribution >= 4 is 41.2 Å². The van der Waals surface area contributed by atoms with E-state index in [0.29, 0.717) is 11.4 Å². The number of aliphatic carboxylic acids is 2. The molecule has 11 heteroatoms. The van der Waals surface area contributed by atoms with Crippen LogP contribution in [0.1, 0.15) is 40.5 Å². The van der Waals surface area contributed by atoms with Crippen molar-refractivity contribution in [1.29, 1.82) is 0 Å². The molecule has 1 aliphatic rings. The lowest BCUT2D eigenvalue weighted by Gasteiger charge is -2.39. The number of nitrogens with one attached hydrogen (secondary N) is 3. The fraction of sp³-hybridized carbons (Fsp3) is 0.500. The molecular weight excluding hydrogens is 432 g/mol. The van der Waals surface area contributed by atoms with Crippen LogP contribution in [0.25, 0.3) is 0 Å². The first kappa shape index (κ1) is 25.6. The number of urea groups is 1. The summed E-state index contributed by atoms with van der Waals surface area (Å²) in [4.78, 5) is 62.4. The Morgan fingerprint density at radius 3 is 2.24 bits per heavy atom. The number of nitrogens with zero attached hydrogens (tertiary/aromatic N) is 1. The molecule has 180 valence electrons. The Morgan fingerprint density at radius 2 is 1.70 bits per heavy atom. The predicted molar refractivity (Wildman–Crippen MR) is 120 cm³/mol. The summed E-state index contributed by atoms with van der Waals surface area (Å²) in [5.41, 5.74) is 0.931. The van der Waals surface area contributed by atoms with E-state index in [1.807, 2.05) is 0 Å². The van der Waals surface area contributed by atoms with Gasteiger partial charge in [-0.05, 0) is 30.4 Å². The molecule has 1 aliphatic heterocycles. The van der Waals surface area contributed by atoms with E-state index in [1.54, 1.807) is 52.0 Å². The van der Waals surface area contributed by atoms with E-state index in [0.717, 1.165) is 0 Å². The molecule has 0 aliphatic carbocycles. The summed E-state index contributed by atoms with van der Waals surface area (Å²) in [6.45, 7) is 6.94. The van der Waals surface area contributed by atoms with Gasteiger partial charge in [-0.1, -0.05) is 39.8 Å². The van der Waals surface area contributed by atoms with Crippen molar-refractivity contribution in [1.82, 2.24) is 10.6 Å². The number of carboxylic acids is 2. The molecule has 4 amide bonds. The van der Waals surface area contributed by atoms with Crippen molar-refractivity contribution in [3.8, 4) is 0 Å². The smallest absolute Gasteiger partial charge is 0.326 e. The highest BCUT2D eigenvalue weighted by Crippen LogP contribution is 2.34. The third-order valence-corrected chi connectivity index (χ3v) is 5.31. The quantitative estimate of drug-likeness (QED) is 0.372. The fourth-order valence-electron chi connectivity index (χ4n) is 3.62. The standard InChI is InChI=1S/C22H30N4O7/c1-11(2)17(19(29)24-14(21(31)32)9-10-16(27)28)25-22(33)26-15-8-6-5-7-13(15)23-20(30)18(26)12(3)4/h5-8,11-12,14,17-18H,9-10H2,1-4H3,(H,23,30)(H,24,29)(H,25,33)(H,27,28)(H,31,32)/t14-,17+,18-/m0/s1. The summed E-state index contributed by atoms with van der Waals surface area (Å²) in [5, 5.41) is 25.9. The molecule has 0 aromatic heterocycles. The maximum absolute atomic E-state index is 13.3. The lowest BCUT2D eigenvalue weighted by Crippen LogP contribution is -2.61. The second kappa shape index (κ2) is 10.8. The molecule has 3 atom stereocenters. The summed E-state index contributed by atoms with van der Waals surface area (Å²) in [7, 11) is 0. The minimum absolute atomic E-state index is 0.233. The first-order valence-electron chi connectivity index (χ1n) is 10.7. The zero-order valence-corrected chi connectivity index (χ0v) is 19.0. The van der Waals surface area contributed by atoms with Gasteiger partial charge in [-0.3, -0.25) is 19.3 Å². The molecule has 0 bridgehead atoms. The molecule has 11 nitrogen and oxygen atoms in total. The minimum atomic E-state index is -1.42. The van der Waals surface area contributed by atoms with Gasteiger partial charge < -0.3 is 26.2 Å². The van der Waals surface area contributed by atoms with Gasteiger partial charge in [-0.15, -0.1) is 0 Å². The van der Waals surface area contributed by atoms with Crippen molar-refractivity contribution in [2.75, 3.05) is 10.2 Å². The molecule has 1 heterocycles. The van der Waals surface area contributed by atoms with Crippen molar-refractivity contribution in [2.24, 2.45) is 11.8 Å². The van der Waals surface area contributed by atoms with Crippen LogP contribution in [0.2, 0.25) is 0 Å². The van der Waals surface area contributed by atoms with Gasteiger partial charge in [0.1, 0.15) is 18.1 Å². The van der Waals surface area contributed by atoms with Crippen molar-refractivity contribution in [2.45, 2.75) is 58.7 Å². The van der Waals surface area contributed by atoms with E-state index in [2.05, 4.69) is 16.0 Å². The van der Waals surface area contributed by atoms with Gasteiger partial charge in [-0.25, -0.2) is 9.59 Å². The summed E-state index contributed by atoms with van der Waals surface area (Å²) in [6, 6.07) is 2.75. The van der Waals surface area contributed by atoms with E-state index < -0.39 is 54.3 Å². The average Bonchev–Trinajstić information content (AvgIpc) is 2.72. The van der Waals surface area contributed by atoms with Gasteiger partial charge >= 0.3 is 18.0 Å². The van der Waals surface area contributed by atoms with Crippen LogP contribution in [0, 0.1) is 11.8 Å². The molecule has 0 fully saturated rings. The Bertz CT molecular complexity index is 931. The molecule has 0 unspecified atom stereocenters. The van der Waals surface area contributed by atoms with Crippen molar-refractivity contribution in [3.63, 3.8) is 0 Å². The van der Waals surface area contributed by atoms with Crippen LogP contribution in [-0.4, -0.2) is 58.1 Å². The van der Waals surface area contributed by atoms with Crippen LogP contribution in [0.4, 0.5) is 16.2 Å². The highest BCUT2D eigenvalue weighted by Gasteiger charge is 2.40. The van der Waals surface area contributed by atoms with E-state index in [9.17, 15) is 29.1 Å². The van der Waals surface area contributed by atoms with Gasteiger partial charge in [0.15, 0.2) is 0 Å². The highest BCUT2D eigenvalue weighted by atomic mass is 16.4. The zero-order valence-electron chi connectivity index (χ0n) is 19.0. The largest absolute Gasteiger partial charge is 0.481 e. The third kappa shape index (κ3) is 6.21. The number of hydrogen-bond donors (Lipinski definition) is 5. The lowest BCUT2D eigenvalue weighted by molar-refractivity contribution is -0.143. The topological polar surface area (TPSA) is 165 Å². The van der Waals surface area contributed by atoms with Crippen LogP contribution in [0.15, 0.2) is 24.3 Å². The molecule has 0 radical (unpaired) electrons. The normalized spacial score (nSPS) is 17.1. The number of rotatable bonds is 9. The number of hydrogen-bond acceptors (Lipinski definition) is 5. The summed E-state index contributed by atoms with van der Waals surface area (Å²) in [5.74, 6) is -4.33. The molecule has 0 spiro atoms. The number of benzene rings is 1. The zero-order chi connectivity index (χ0) is 24.9. The number of carbonyl (C=O) groups is 5. The lowest BCUT2D eigenvalue weighted by atomic mass is 9.97. The van der Waals surface area contributed by atoms with E-state index in [-0.39, 0.29) is 18.2 Å². The number of carbonyl (C=O) groups excluding carboxylic acids is 3. The van der Waals surface area contributed by atoms with E-state index >= 15 is 0 Å². The molecule has 0 saturated carbocycles. The number of fused-ring (bicyclic) bond motifs is 1. The van der Waals surface area contributed by atoms with Gasteiger partial charge in [0, 0.05) is 6.42 Å². The number of para-hydroxylation sites is 2. The van der Waals surface area contributed by atoms with Gasteiger partial charge in [-0.2, -0.15) is 0 Å². The molecule has 33 heavy (non-hydrogen) atoms. The van der Waals surface area contributed by atoms with E-state index in [4.69, 9.17) is 5.11 Å². The number of carboxylic acid groups (broad SMARTS) is 2. The maximum Gasteiger partial charge on any atom is 0.326 e. The molecule has 2 rings (SSSR count). The minimum Gasteiger partial charge on any atom is -0.481 e. The van der Waals surface area contributed by atoms with Gasteiger partial charge in [0.2, 0.25) is 11.8 Å². The second-order valence-corrected chi connectivity index (χ2v) is 8.57. The van der Waals surface area contributed by atoms with Crippen molar-refractivity contribution in [3.05, 3.63) is 24.3 Å². The Kier molecular flexibility index (Phi) is 8.38. The van der Waals surface area contributed by atoms with Crippen LogP contribution >= 0.6 is 0 Å². The van der Waals surface area contributed by atoms with Gasteiger partial charge in [0.25, 0.3) is 0 Å². The summed E-state index contributed by atoms with van der Waals surface area (Å²) < 4.78 is 0. The fourth-order valence-corrected chi connectivity index (χ4v) is 3.62. The molecule has 1 aromatic rings. The van der Waals surface area contributed by atoms with Crippen molar-refractivity contribution < 1.29 is 34.2 Å². The number of anilines is 2. The van der Waals surface area contributed by atoms with Crippen LogP contribution in [0.5, 0.6) is 0 Å². The van der Waals surface area contributed by atoms with Gasteiger partial charge in [0.05, 0.1) is 11.4 Å². The summed E-state index contributed by atoms with van der Waals surface area (Å²) >= 11 is 0. The first-order valence-corrected chi connectivity index (χ1v) is 10.7. The average molecular weight is 463 g/mol.